The molecule has 1 heterocycles. The Bertz CT molecular complexity index is 747. The SMILES string of the molecule is CCCCNC(=O)c1cncc(C(=O)NCCOc2ccc(OC)cc2)c1. The summed E-state index contributed by atoms with van der Waals surface area (Å²) in [6, 6.07) is 8.73. The van der Waals surface area contributed by atoms with Gasteiger partial charge in [-0.1, -0.05) is 13.3 Å². The fourth-order valence-electron chi connectivity index (χ4n) is 2.28. The van der Waals surface area contributed by atoms with Crippen LogP contribution in [0.5, 0.6) is 11.5 Å². The number of carbonyl (C=O) groups excluding carboxylic acids is 2. The van der Waals surface area contributed by atoms with E-state index in [1.807, 2.05) is 0 Å². The first-order valence-electron chi connectivity index (χ1n) is 8.92. The average molecular weight is 371 g/mol. The van der Waals surface area contributed by atoms with Crippen LogP contribution in [-0.2, 0) is 0 Å². The number of amides is 2. The molecule has 2 N–H and O–H groups in total. The van der Waals surface area contributed by atoms with Crippen molar-refractivity contribution in [3.63, 3.8) is 0 Å². The first kappa shape index (κ1) is 20.2. The summed E-state index contributed by atoms with van der Waals surface area (Å²) in [5.41, 5.74) is 0.704. The van der Waals surface area contributed by atoms with E-state index in [1.54, 1.807) is 31.4 Å². The van der Waals surface area contributed by atoms with Crippen LogP contribution in [0.3, 0.4) is 0 Å². The van der Waals surface area contributed by atoms with E-state index in [9.17, 15) is 9.59 Å². The van der Waals surface area contributed by atoms with Crippen molar-refractivity contribution in [2.75, 3.05) is 26.8 Å². The van der Waals surface area contributed by atoms with Gasteiger partial charge in [0.15, 0.2) is 0 Å². The van der Waals surface area contributed by atoms with Gasteiger partial charge in [-0.2, -0.15) is 0 Å². The highest BCUT2D eigenvalue weighted by atomic mass is 16.5. The van der Waals surface area contributed by atoms with Gasteiger partial charge in [0.2, 0.25) is 0 Å². The second-order valence-corrected chi connectivity index (χ2v) is 5.85. The molecule has 0 spiro atoms. The summed E-state index contributed by atoms with van der Waals surface area (Å²) in [6.45, 7) is 3.31. The molecule has 1 aromatic carbocycles. The van der Waals surface area contributed by atoms with Gasteiger partial charge in [-0.05, 0) is 36.8 Å². The van der Waals surface area contributed by atoms with Crippen molar-refractivity contribution in [1.29, 1.82) is 0 Å². The Kier molecular flexibility index (Phi) is 8.09. The van der Waals surface area contributed by atoms with Gasteiger partial charge in [-0.15, -0.1) is 0 Å². The molecule has 0 aliphatic rings. The second kappa shape index (κ2) is 10.8. The predicted octanol–water partition coefficient (Wildman–Crippen LogP) is 2.43. The zero-order chi connectivity index (χ0) is 19.5. The van der Waals surface area contributed by atoms with Crippen molar-refractivity contribution in [2.24, 2.45) is 0 Å². The number of aromatic nitrogens is 1. The summed E-state index contributed by atoms with van der Waals surface area (Å²) < 4.78 is 10.6. The van der Waals surface area contributed by atoms with Crippen LogP contribution in [0.15, 0.2) is 42.7 Å². The summed E-state index contributed by atoms with van der Waals surface area (Å²) in [4.78, 5) is 28.2. The number of ether oxygens (including phenoxy) is 2. The molecule has 144 valence electrons. The van der Waals surface area contributed by atoms with E-state index < -0.39 is 0 Å². The molecule has 0 radical (unpaired) electrons. The summed E-state index contributed by atoms with van der Waals surface area (Å²) >= 11 is 0. The topological polar surface area (TPSA) is 89.6 Å². The highest BCUT2D eigenvalue weighted by Crippen LogP contribution is 2.16. The molecular weight excluding hydrogens is 346 g/mol. The lowest BCUT2D eigenvalue weighted by Gasteiger charge is -2.09. The molecule has 2 amide bonds. The van der Waals surface area contributed by atoms with Crippen LogP contribution in [-0.4, -0.2) is 43.6 Å². The van der Waals surface area contributed by atoms with Gasteiger partial charge < -0.3 is 20.1 Å². The number of nitrogens with zero attached hydrogens (tertiary/aromatic N) is 1. The lowest BCUT2D eigenvalue weighted by molar-refractivity contribution is 0.0946. The van der Waals surface area contributed by atoms with Gasteiger partial charge in [0, 0.05) is 18.9 Å². The van der Waals surface area contributed by atoms with E-state index in [2.05, 4.69) is 22.5 Å². The van der Waals surface area contributed by atoms with E-state index in [4.69, 9.17) is 9.47 Å². The molecule has 2 aromatic rings. The molecule has 0 saturated carbocycles. The Morgan fingerprint density at radius 3 is 2.15 bits per heavy atom. The number of nitrogens with one attached hydrogen (secondary N) is 2. The molecule has 0 saturated heterocycles. The Labute approximate surface area is 159 Å². The zero-order valence-electron chi connectivity index (χ0n) is 15.7. The number of methoxy groups -OCH3 is 1. The normalized spacial score (nSPS) is 10.1. The number of benzene rings is 1. The Morgan fingerprint density at radius 2 is 1.56 bits per heavy atom. The van der Waals surface area contributed by atoms with Gasteiger partial charge >= 0.3 is 0 Å². The highest BCUT2D eigenvalue weighted by molar-refractivity contribution is 5.99. The number of carbonyl (C=O) groups is 2. The maximum atomic E-state index is 12.2. The highest BCUT2D eigenvalue weighted by Gasteiger charge is 2.11. The summed E-state index contributed by atoms with van der Waals surface area (Å²) in [5, 5.41) is 5.55. The quantitative estimate of drug-likeness (QED) is 0.626. The van der Waals surface area contributed by atoms with E-state index in [0.717, 1.165) is 18.6 Å². The molecular formula is C20H25N3O4. The minimum absolute atomic E-state index is 0.228. The molecule has 0 unspecified atom stereocenters. The third kappa shape index (κ3) is 6.62. The van der Waals surface area contributed by atoms with Crippen LogP contribution in [0.25, 0.3) is 0 Å². The number of rotatable bonds is 10. The van der Waals surface area contributed by atoms with Crippen molar-refractivity contribution in [3.05, 3.63) is 53.9 Å². The van der Waals surface area contributed by atoms with Gasteiger partial charge in [0.1, 0.15) is 18.1 Å². The van der Waals surface area contributed by atoms with Crippen LogP contribution in [0.4, 0.5) is 0 Å². The molecule has 0 atom stereocenters. The fourth-order valence-corrected chi connectivity index (χ4v) is 2.28. The van der Waals surface area contributed by atoms with Gasteiger partial charge in [0.05, 0.1) is 24.8 Å². The molecule has 0 aliphatic heterocycles. The predicted molar refractivity (Wildman–Crippen MR) is 102 cm³/mol. The monoisotopic (exact) mass is 371 g/mol. The van der Waals surface area contributed by atoms with Crippen LogP contribution < -0.4 is 20.1 Å². The number of unbranched alkanes of at least 4 members (excludes halogenated alkanes) is 1. The van der Waals surface area contributed by atoms with Crippen LogP contribution >= 0.6 is 0 Å². The van der Waals surface area contributed by atoms with Crippen molar-refractivity contribution in [2.45, 2.75) is 19.8 Å². The standard InChI is InChI=1S/C20H25N3O4/c1-3-4-9-22-19(24)15-12-16(14-21-13-15)20(25)23-10-11-27-18-7-5-17(26-2)6-8-18/h5-8,12-14H,3-4,9-11H2,1-2H3,(H,22,24)(H,23,25). The largest absolute Gasteiger partial charge is 0.497 e. The molecule has 0 bridgehead atoms. The lowest BCUT2D eigenvalue weighted by atomic mass is 10.2. The molecule has 0 aliphatic carbocycles. The summed E-state index contributed by atoms with van der Waals surface area (Å²) in [5.74, 6) is 0.914. The maximum absolute atomic E-state index is 12.2. The van der Waals surface area contributed by atoms with Crippen LogP contribution in [0.1, 0.15) is 40.5 Å². The second-order valence-electron chi connectivity index (χ2n) is 5.85. The van der Waals surface area contributed by atoms with Crippen molar-refractivity contribution in [3.8, 4) is 11.5 Å². The van der Waals surface area contributed by atoms with E-state index >= 15 is 0 Å². The molecule has 2 rings (SSSR count). The molecule has 7 heteroatoms. The van der Waals surface area contributed by atoms with E-state index in [1.165, 1.54) is 18.5 Å². The number of hydrogen-bond donors (Lipinski definition) is 2. The maximum Gasteiger partial charge on any atom is 0.252 e. The van der Waals surface area contributed by atoms with Gasteiger partial charge in [0.25, 0.3) is 11.8 Å². The van der Waals surface area contributed by atoms with Gasteiger partial charge in [-0.3, -0.25) is 14.6 Å². The lowest BCUT2D eigenvalue weighted by Crippen LogP contribution is -2.29. The molecule has 7 nitrogen and oxygen atoms in total. The van der Waals surface area contributed by atoms with E-state index in [0.29, 0.717) is 36.6 Å². The molecule has 0 fully saturated rings. The number of pyridine rings is 1. The fraction of sp³-hybridized carbons (Fsp3) is 0.350. The minimum atomic E-state index is -0.302. The third-order valence-electron chi connectivity index (χ3n) is 3.79. The first-order valence-corrected chi connectivity index (χ1v) is 8.92. The van der Waals surface area contributed by atoms with E-state index in [-0.39, 0.29) is 11.8 Å². The van der Waals surface area contributed by atoms with Crippen LogP contribution in [0, 0.1) is 0 Å². The average Bonchev–Trinajstić information content (AvgIpc) is 2.71. The molecule has 1 aromatic heterocycles. The van der Waals surface area contributed by atoms with Crippen LogP contribution in [0.2, 0.25) is 0 Å². The van der Waals surface area contributed by atoms with Crippen molar-refractivity contribution < 1.29 is 19.1 Å². The zero-order valence-corrected chi connectivity index (χ0v) is 15.7. The summed E-state index contributed by atoms with van der Waals surface area (Å²) in [6.07, 6.45) is 4.79. The molecule has 27 heavy (non-hydrogen) atoms. The van der Waals surface area contributed by atoms with Gasteiger partial charge in [-0.25, -0.2) is 0 Å². The Morgan fingerprint density at radius 1 is 0.963 bits per heavy atom. The summed E-state index contributed by atoms with van der Waals surface area (Å²) in [7, 11) is 1.60. The van der Waals surface area contributed by atoms with Crippen molar-refractivity contribution >= 4 is 11.8 Å². The van der Waals surface area contributed by atoms with Crippen molar-refractivity contribution in [1.82, 2.24) is 15.6 Å². The number of hydrogen-bond acceptors (Lipinski definition) is 5. The smallest absolute Gasteiger partial charge is 0.252 e. The Balaban J connectivity index is 1.79. The minimum Gasteiger partial charge on any atom is -0.497 e. The first-order chi connectivity index (χ1) is 13.1. The third-order valence-corrected chi connectivity index (χ3v) is 3.79. The Hall–Kier alpha value is -3.09.